The van der Waals surface area contributed by atoms with Gasteiger partial charge in [0, 0.05) is 31.4 Å². The highest BCUT2D eigenvalue weighted by Gasteiger charge is 2.32. The van der Waals surface area contributed by atoms with Gasteiger partial charge in [0.2, 0.25) is 0 Å². The lowest BCUT2D eigenvalue weighted by Crippen LogP contribution is -2.35. The van der Waals surface area contributed by atoms with Crippen LogP contribution in [0.2, 0.25) is 0 Å². The molecule has 0 bridgehead atoms. The second-order valence-electron chi connectivity index (χ2n) is 5.59. The zero-order valence-electron chi connectivity index (χ0n) is 12.4. The minimum Gasteiger partial charge on any atom is -0.311 e. The van der Waals surface area contributed by atoms with Crippen molar-refractivity contribution in [2.45, 2.75) is 32.6 Å². The summed E-state index contributed by atoms with van der Waals surface area (Å²) < 4.78 is 37.5. The third kappa shape index (κ3) is 3.42. The Morgan fingerprint density at radius 1 is 1.35 bits per heavy atom. The molecule has 0 aliphatic carbocycles. The minimum absolute atomic E-state index is 0.108. The Hall–Kier alpha value is -2.22. The van der Waals surface area contributed by atoms with Gasteiger partial charge in [-0.3, -0.25) is 14.7 Å². The molecule has 1 N–H and O–H groups in total. The summed E-state index contributed by atoms with van der Waals surface area (Å²) in [5.74, 6) is 0.562. The SMILES string of the molecule is Cc1nc2c(c(=O)[nH]1)CCN(Cc1ccc(C(F)(F)F)nc1)C2. The zero-order valence-corrected chi connectivity index (χ0v) is 12.4. The summed E-state index contributed by atoms with van der Waals surface area (Å²) in [5.41, 5.74) is 1.12. The quantitative estimate of drug-likeness (QED) is 0.918. The minimum atomic E-state index is -4.43. The Balaban J connectivity index is 1.74. The average Bonchev–Trinajstić information content (AvgIpc) is 2.46. The fourth-order valence-corrected chi connectivity index (χ4v) is 2.70. The summed E-state index contributed by atoms with van der Waals surface area (Å²) in [6, 6.07) is 2.42. The Morgan fingerprint density at radius 2 is 2.13 bits per heavy atom. The van der Waals surface area contributed by atoms with E-state index in [0.29, 0.717) is 43.0 Å². The Kier molecular flexibility index (Phi) is 3.93. The van der Waals surface area contributed by atoms with Crippen LogP contribution in [0, 0.1) is 6.92 Å². The number of fused-ring (bicyclic) bond motifs is 1. The number of hydrogen-bond acceptors (Lipinski definition) is 4. The van der Waals surface area contributed by atoms with Crippen LogP contribution in [0.1, 0.15) is 28.3 Å². The molecule has 1 aliphatic heterocycles. The highest BCUT2D eigenvalue weighted by atomic mass is 19.4. The van der Waals surface area contributed by atoms with Crippen molar-refractivity contribution in [1.29, 1.82) is 0 Å². The maximum absolute atomic E-state index is 12.5. The summed E-state index contributed by atoms with van der Waals surface area (Å²) in [5, 5.41) is 0. The van der Waals surface area contributed by atoms with Crippen LogP contribution in [-0.2, 0) is 25.7 Å². The summed E-state index contributed by atoms with van der Waals surface area (Å²) in [6.45, 7) is 3.35. The normalized spacial score (nSPS) is 15.5. The Labute approximate surface area is 130 Å². The monoisotopic (exact) mass is 324 g/mol. The van der Waals surface area contributed by atoms with Gasteiger partial charge in [-0.1, -0.05) is 6.07 Å². The Bertz CT molecular complexity index is 768. The molecule has 0 spiro atoms. The maximum atomic E-state index is 12.5. The van der Waals surface area contributed by atoms with Crippen LogP contribution in [0.15, 0.2) is 23.1 Å². The average molecular weight is 324 g/mol. The van der Waals surface area contributed by atoms with Gasteiger partial charge in [0.25, 0.3) is 5.56 Å². The standard InChI is InChI=1S/C15H15F3N4O/c1-9-20-12-8-22(5-4-11(12)14(23)21-9)7-10-2-3-13(19-6-10)15(16,17)18/h2-3,6H,4-5,7-8H2,1H3,(H,20,21,23). The lowest BCUT2D eigenvalue weighted by atomic mass is 10.1. The van der Waals surface area contributed by atoms with Gasteiger partial charge in [-0.15, -0.1) is 0 Å². The van der Waals surface area contributed by atoms with Gasteiger partial charge in [-0.2, -0.15) is 13.2 Å². The fraction of sp³-hybridized carbons (Fsp3) is 0.400. The molecule has 2 aromatic rings. The number of aromatic amines is 1. The lowest BCUT2D eigenvalue weighted by Gasteiger charge is -2.27. The molecule has 5 nitrogen and oxygen atoms in total. The fourth-order valence-electron chi connectivity index (χ4n) is 2.70. The Morgan fingerprint density at radius 3 is 2.78 bits per heavy atom. The summed E-state index contributed by atoms with van der Waals surface area (Å²) in [4.78, 5) is 24.4. The van der Waals surface area contributed by atoms with Crippen molar-refractivity contribution in [1.82, 2.24) is 19.9 Å². The van der Waals surface area contributed by atoms with Crippen molar-refractivity contribution in [3.8, 4) is 0 Å². The molecule has 0 unspecified atom stereocenters. The number of aromatic nitrogens is 3. The first-order valence-electron chi connectivity index (χ1n) is 7.16. The molecule has 0 radical (unpaired) electrons. The van der Waals surface area contributed by atoms with Crippen molar-refractivity contribution in [3.63, 3.8) is 0 Å². The predicted molar refractivity (Wildman–Crippen MR) is 76.7 cm³/mol. The molecule has 0 atom stereocenters. The van der Waals surface area contributed by atoms with Gasteiger partial charge >= 0.3 is 6.18 Å². The first kappa shape index (κ1) is 15.7. The summed E-state index contributed by atoms with van der Waals surface area (Å²) in [6.07, 6.45) is -2.61. The van der Waals surface area contributed by atoms with E-state index in [1.54, 1.807) is 6.92 Å². The molecule has 0 saturated carbocycles. The third-order valence-electron chi connectivity index (χ3n) is 3.79. The topological polar surface area (TPSA) is 61.9 Å². The molecule has 0 fully saturated rings. The van der Waals surface area contributed by atoms with Crippen molar-refractivity contribution < 1.29 is 13.2 Å². The molecule has 23 heavy (non-hydrogen) atoms. The largest absolute Gasteiger partial charge is 0.433 e. The van der Waals surface area contributed by atoms with Crippen LogP contribution < -0.4 is 5.56 Å². The molecule has 3 rings (SSSR count). The highest BCUT2D eigenvalue weighted by Crippen LogP contribution is 2.27. The third-order valence-corrected chi connectivity index (χ3v) is 3.79. The predicted octanol–water partition coefficient (Wildman–Crippen LogP) is 2.05. The van der Waals surface area contributed by atoms with E-state index in [1.807, 2.05) is 4.90 Å². The van der Waals surface area contributed by atoms with E-state index < -0.39 is 11.9 Å². The number of nitrogens with zero attached hydrogens (tertiary/aromatic N) is 3. The van der Waals surface area contributed by atoms with Crippen LogP contribution >= 0.6 is 0 Å². The number of nitrogens with one attached hydrogen (secondary N) is 1. The molecule has 0 saturated heterocycles. The van der Waals surface area contributed by atoms with Gasteiger partial charge in [0.05, 0.1) is 5.69 Å². The van der Waals surface area contributed by atoms with E-state index in [9.17, 15) is 18.0 Å². The van der Waals surface area contributed by atoms with Crippen LogP contribution in [0.25, 0.3) is 0 Å². The number of pyridine rings is 1. The number of H-pyrrole nitrogens is 1. The number of rotatable bonds is 2. The van der Waals surface area contributed by atoms with E-state index in [4.69, 9.17) is 0 Å². The maximum Gasteiger partial charge on any atom is 0.433 e. The molecular weight excluding hydrogens is 309 g/mol. The van der Waals surface area contributed by atoms with Crippen LogP contribution in [0.5, 0.6) is 0 Å². The first-order valence-corrected chi connectivity index (χ1v) is 7.16. The molecule has 0 amide bonds. The van der Waals surface area contributed by atoms with E-state index in [1.165, 1.54) is 12.3 Å². The van der Waals surface area contributed by atoms with Gasteiger partial charge in [0.1, 0.15) is 11.5 Å². The van der Waals surface area contributed by atoms with Gasteiger partial charge in [-0.05, 0) is 25.0 Å². The second kappa shape index (κ2) is 5.77. The molecule has 2 aromatic heterocycles. The van der Waals surface area contributed by atoms with Gasteiger partial charge in [0.15, 0.2) is 0 Å². The van der Waals surface area contributed by atoms with Crippen molar-refractivity contribution in [3.05, 3.63) is 57.0 Å². The summed E-state index contributed by atoms with van der Waals surface area (Å²) >= 11 is 0. The van der Waals surface area contributed by atoms with Crippen LogP contribution in [0.3, 0.4) is 0 Å². The number of halogens is 3. The van der Waals surface area contributed by atoms with Gasteiger partial charge in [-0.25, -0.2) is 4.98 Å². The zero-order chi connectivity index (χ0) is 16.6. The van der Waals surface area contributed by atoms with Crippen molar-refractivity contribution in [2.24, 2.45) is 0 Å². The second-order valence-corrected chi connectivity index (χ2v) is 5.59. The van der Waals surface area contributed by atoms with E-state index in [2.05, 4.69) is 15.0 Å². The van der Waals surface area contributed by atoms with Gasteiger partial charge < -0.3 is 4.98 Å². The van der Waals surface area contributed by atoms with Crippen molar-refractivity contribution in [2.75, 3.05) is 6.54 Å². The lowest BCUT2D eigenvalue weighted by molar-refractivity contribution is -0.141. The molecular formula is C15H15F3N4O. The molecule has 0 aromatic carbocycles. The highest BCUT2D eigenvalue weighted by molar-refractivity contribution is 5.22. The van der Waals surface area contributed by atoms with Crippen molar-refractivity contribution >= 4 is 0 Å². The molecule has 3 heterocycles. The van der Waals surface area contributed by atoms with E-state index in [0.717, 1.165) is 11.8 Å². The van der Waals surface area contributed by atoms with Crippen LogP contribution in [0.4, 0.5) is 13.2 Å². The van der Waals surface area contributed by atoms with Crippen LogP contribution in [-0.4, -0.2) is 26.4 Å². The summed E-state index contributed by atoms with van der Waals surface area (Å²) in [7, 11) is 0. The molecule has 8 heteroatoms. The number of hydrogen-bond donors (Lipinski definition) is 1. The smallest absolute Gasteiger partial charge is 0.311 e. The van der Waals surface area contributed by atoms with E-state index >= 15 is 0 Å². The number of alkyl halides is 3. The molecule has 1 aliphatic rings. The number of aryl methyl sites for hydroxylation is 1. The first-order chi connectivity index (χ1) is 10.8. The molecule has 122 valence electrons. The van der Waals surface area contributed by atoms with E-state index in [-0.39, 0.29) is 5.56 Å².